The highest BCUT2D eigenvalue weighted by Gasteiger charge is 2.31. The lowest BCUT2D eigenvalue weighted by atomic mass is 10.0. The maximum atomic E-state index is 13.1. The van der Waals surface area contributed by atoms with Crippen molar-refractivity contribution in [3.8, 4) is 0 Å². The fourth-order valence-electron chi connectivity index (χ4n) is 3.11. The molecule has 0 unspecified atom stereocenters. The lowest BCUT2D eigenvalue weighted by molar-refractivity contribution is -0.137. The van der Waals surface area contributed by atoms with Crippen LogP contribution in [0.3, 0.4) is 0 Å². The Morgan fingerprint density at radius 1 is 1.03 bits per heavy atom. The van der Waals surface area contributed by atoms with E-state index < -0.39 is 33.7 Å². The van der Waals surface area contributed by atoms with E-state index in [0.29, 0.717) is 11.1 Å². The van der Waals surface area contributed by atoms with Gasteiger partial charge in [-0.3, -0.25) is 4.79 Å². The van der Waals surface area contributed by atoms with E-state index in [1.807, 2.05) is 0 Å². The summed E-state index contributed by atoms with van der Waals surface area (Å²) in [5, 5.41) is 10.5. The highest BCUT2D eigenvalue weighted by molar-refractivity contribution is 7.89. The molecule has 0 fully saturated rings. The van der Waals surface area contributed by atoms with Gasteiger partial charge in [0.15, 0.2) is 0 Å². The molecule has 0 saturated heterocycles. The van der Waals surface area contributed by atoms with Crippen LogP contribution in [0.15, 0.2) is 71.6 Å². The maximum absolute atomic E-state index is 13.1. The molecule has 0 heterocycles. The minimum atomic E-state index is -4.62. The predicted octanol–water partition coefficient (Wildman–Crippen LogP) is 5.11. The second-order valence-corrected chi connectivity index (χ2v) is 9.13. The normalized spacial score (nSPS) is 12.8. The lowest BCUT2D eigenvalue weighted by Gasteiger charge is -2.21. The van der Waals surface area contributed by atoms with Gasteiger partial charge in [-0.05, 0) is 48.4 Å². The van der Waals surface area contributed by atoms with Gasteiger partial charge in [-0.1, -0.05) is 48.0 Å². The smallest absolute Gasteiger partial charge is 0.370 e. The molecule has 33 heavy (non-hydrogen) atoms. The molecule has 0 aliphatic carbocycles. The number of nitrogens with two attached hydrogens (primary N) is 1. The summed E-state index contributed by atoms with van der Waals surface area (Å²) >= 11 is 6.01. The van der Waals surface area contributed by atoms with Crippen molar-refractivity contribution in [2.75, 3.05) is 10.6 Å². The highest BCUT2D eigenvalue weighted by atomic mass is 35.5. The lowest BCUT2D eigenvalue weighted by Crippen LogP contribution is -2.27. The second kappa shape index (κ2) is 9.42. The third-order valence-corrected chi connectivity index (χ3v) is 6.13. The summed E-state index contributed by atoms with van der Waals surface area (Å²) in [6, 6.07) is 14.2. The number of benzene rings is 3. The zero-order valence-electron chi connectivity index (χ0n) is 17.2. The Kier molecular flexibility index (Phi) is 7.01. The summed E-state index contributed by atoms with van der Waals surface area (Å²) in [4.78, 5) is 13.0. The molecule has 0 radical (unpaired) electrons. The number of primary sulfonamides is 1. The van der Waals surface area contributed by atoms with Crippen molar-refractivity contribution >= 4 is 38.9 Å². The minimum Gasteiger partial charge on any atom is -0.370 e. The van der Waals surface area contributed by atoms with Gasteiger partial charge in [0.2, 0.25) is 10.0 Å². The molecular formula is C22H19ClF3N3O3S. The number of halogens is 4. The first-order chi connectivity index (χ1) is 15.4. The van der Waals surface area contributed by atoms with Crippen molar-refractivity contribution in [3.05, 3.63) is 88.4 Å². The molecule has 6 nitrogen and oxygen atoms in total. The van der Waals surface area contributed by atoms with Crippen molar-refractivity contribution < 1.29 is 26.4 Å². The second-order valence-electron chi connectivity index (χ2n) is 7.19. The Morgan fingerprint density at radius 3 is 2.30 bits per heavy atom. The third-order valence-electron chi connectivity index (χ3n) is 4.75. The summed E-state index contributed by atoms with van der Waals surface area (Å²) in [6.07, 6.45) is -4.62. The Bertz CT molecular complexity index is 1280. The van der Waals surface area contributed by atoms with E-state index in [-0.39, 0.29) is 21.3 Å². The van der Waals surface area contributed by atoms with E-state index >= 15 is 0 Å². The Hall–Kier alpha value is -3.08. The number of nitrogens with one attached hydrogen (secondary N) is 2. The number of hydrogen-bond acceptors (Lipinski definition) is 4. The zero-order chi connectivity index (χ0) is 24.4. The van der Waals surface area contributed by atoms with Crippen LogP contribution in [0, 0.1) is 6.92 Å². The molecule has 0 aliphatic rings. The SMILES string of the molecule is Cc1ccc(N[C@@H](C(=O)Nc2cc(C(F)(F)F)ccc2Cl)c2ccccc2)cc1S(N)(=O)=O. The molecule has 1 atom stereocenters. The summed E-state index contributed by atoms with van der Waals surface area (Å²) in [5.74, 6) is -0.708. The number of sulfonamides is 1. The van der Waals surface area contributed by atoms with Crippen LogP contribution in [0.2, 0.25) is 5.02 Å². The van der Waals surface area contributed by atoms with Gasteiger partial charge in [-0.2, -0.15) is 13.2 Å². The predicted molar refractivity (Wildman–Crippen MR) is 120 cm³/mol. The summed E-state index contributed by atoms with van der Waals surface area (Å²) in [7, 11) is -4.01. The minimum absolute atomic E-state index is 0.0741. The molecular weight excluding hydrogens is 479 g/mol. The van der Waals surface area contributed by atoms with Gasteiger partial charge in [0, 0.05) is 5.69 Å². The molecule has 0 saturated carbocycles. The molecule has 0 aliphatic heterocycles. The van der Waals surface area contributed by atoms with Gasteiger partial charge in [-0.15, -0.1) is 0 Å². The number of aryl methyl sites for hydroxylation is 1. The molecule has 0 spiro atoms. The summed E-state index contributed by atoms with van der Waals surface area (Å²) in [6.45, 7) is 1.57. The number of carbonyl (C=O) groups is 1. The van der Waals surface area contributed by atoms with Crippen LogP contribution in [-0.4, -0.2) is 14.3 Å². The number of rotatable bonds is 6. The van der Waals surface area contributed by atoms with Crippen molar-refractivity contribution in [1.82, 2.24) is 0 Å². The Labute approximate surface area is 193 Å². The van der Waals surface area contributed by atoms with Gasteiger partial charge in [-0.25, -0.2) is 13.6 Å². The van der Waals surface area contributed by atoms with E-state index in [0.717, 1.165) is 18.2 Å². The Balaban J connectivity index is 1.97. The summed E-state index contributed by atoms with van der Waals surface area (Å²) in [5.41, 5.74) is -0.0183. The number of carbonyl (C=O) groups excluding carboxylic acids is 1. The van der Waals surface area contributed by atoms with Crippen LogP contribution in [0.5, 0.6) is 0 Å². The molecule has 11 heteroatoms. The largest absolute Gasteiger partial charge is 0.416 e. The van der Waals surface area contributed by atoms with Crippen LogP contribution < -0.4 is 15.8 Å². The molecule has 0 bridgehead atoms. The molecule has 3 aromatic rings. The molecule has 3 aromatic carbocycles. The maximum Gasteiger partial charge on any atom is 0.416 e. The van der Waals surface area contributed by atoms with Crippen LogP contribution in [0.4, 0.5) is 24.5 Å². The third kappa shape index (κ3) is 6.04. The molecule has 4 N–H and O–H groups in total. The number of anilines is 2. The molecule has 174 valence electrons. The van der Waals surface area contributed by atoms with Gasteiger partial charge in [0.25, 0.3) is 5.91 Å². The fourth-order valence-corrected chi connectivity index (χ4v) is 4.08. The molecule has 1 amide bonds. The van der Waals surface area contributed by atoms with E-state index in [2.05, 4.69) is 10.6 Å². The van der Waals surface area contributed by atoms with Crippen molar-refractivity contribution in [2.24, 2.45) is 5.14 Å². The van der Waals surface area contributed by atoms with Gasteiger partial charge < -0.3 is 10.6 Å². The van der Waals surface area contributed by atoms with Crippen molar-refractivity contribution in [3.63, 3.8) is 0 Å². The van der Waals surface area contributed by atoms with Crippen LogP contribution >= 0.6 is 11.6 Å². The molecule has 3 rings (SSSR count). The summed E-state index contributed by atoms with van der Waals surface area (Å²) < 4.78 is 63.0. The Morgan fingerprint density at radius 2 is 1.70 bits per heavy atom. The van der Waals surface area contributed by atoms with Crippen molar-refractivity contribution in [2.45, 2.75) is 24.0 Å². The highest BCUT2D eigenvalue weighted by Crippen LogP contribution is 2.34. The first kappa shape index (κ1) is 24.6. The van der Waals surface area contributed by atoms with Crippen LogP contribution in [0.25, 0.3) is 0 Å². The standard InChI is InChI=1S/C22H19ClF3N3O3S/c1-13-7-9-16(12-19(13)33(27,31)32)28-20(14-5-3-2-4-6-14)21(30)29-18-11-15(22(24,25)26)8-10-17(18)23/h2-12,20,28H,1H3,(H,29,30)(H2,27,31,32)/t20-/m1/s1. The van der Waals surface area contributed by atoms with E-state index in [1.54, 1.807) is 43.3 Å². The first-order valence-corrected chi connectivity index (χ1v) is 11.4. The van der Waals surface area contributed by atoms with Crippen LogP contribution in [0.1, 0.15) is 22.7 Å². The van der Waals surface area contributed by atoms with Gasteiger partial charge in [0.05, 0.1) is 21.2 Å². The van der Waals surface area contributed by atoms with Crippen LogP contribution in [-0.2, 0) is 21.0 Å². The van der Waals surface area contributed by atoms with E-state index in [4.69, 9.17) is 16.7 Å². The monoisotopic (exact) mass is 497 g/mol. The van der Waals surface area contributed by atoms with Gasteiger partial charge in [0.1, 0.15) is 6.04 Å². The van der Waals surface area contributed by atoms with E-state index in [9.17, 15) is 26.4 Å². The quantitative estimate of drug-likeness (QED) is 0.440. The number of amides is 1. The van der Waals surface area contributed by atoms with Crippen molar-refractivity contribution in [1.29, 1.82) is 0 Å². The number of hydrogen-bond donors (Lipinski definition) is 3. The zero-order valence-corrected chi connectivity index (χ0v) is 18.7. The first-order valence-electron chi connectivity index (χ1n) is 9.49. The average Bonchev–Trinajstić information content (AvgIpc) is 2.73. The average molecular weight is 498 g/mol. The molecule has 0 aromatic heterocycles. The van der Waals surface area contributed by atoms with E-state index in [1.165, 1.54) is 12.1 Å². The topological polar surface area (TPSA) is 101 Å². The number of alkyl halides is 3. The van der Waals surface area contributed by atoms with Gasteiger partial charge >= 0.3 is 6.18 Å². The fraction of sp³-hybridized carbons (Fsp3) is 0.136.